The van der Waals surface area contributed by atoms with Crippen molar-refractivity contribution in [2.24, 2.45) is 0 Å². The van der Waals surface area contributed by atoms with Gasteiger partial charge in [0.1, 0.15) is 5.82 Å². The summed E-state index contributed by atoms with van der Waals surface area (Å²) in [5.74, 6) is 1.74. The number of aromatic amines is 1. The number of aromatic nitrogens is 2. The minimum absolute atomic E-state index is 0.241. The van der Waals surface area contributed by atoms with Gasteiger partial charge in [0, 0.05) is 24.3 Å². The number of benzene rings is 2. The summed E-state index contributed by atoms with van der Waals surface area (Å²) in [5.41, 5.74) is 2.89. The average molecular weight is 489 g/mol. The van der Waals surface area contributed by atoms with E-state index in [1.54, 1.807) is 19.2 Å². The van der Waals surface area contributed by atoms with Crippen LogP contribution < -0.4 is 14.8 Å². The highest BCUT2D eigenvalue weighted by Crippen LogP contribution is 2.36. The molecule has 1 amide bonds. The maximum Gasteiger partial charge on any atom is 0.255 e. The smallest absolute Gasteiger partial charge is 0.255 e. The van der Waals surface area contributed by atoms with Gasteiger partial charge in [0.15, 0.2) is 11.5 Å². The molecule has 8 nitrogen and oxygen atoms in total. The highest BCUT2D eigenvalue weighted by molar-refractivity contribution is 9.10. The van der Waals surface area contributed by atoms with Gasteiger partial charge in [0.05, 0.1) is 49.0 Å². The van der Waals surface area contributed by atoms with Gasteiger partial charge in [-0.25, -0.2) is 4.98 Å². The monoisotopic (exact) mass is 488 g/mol. The summed E-state index contributed by atoms with van der Waals surface area (Å²) < 4.78 is 17.0. The van der Waals surface area contributed by atoms with E-state index < -0.39 is 0 Å². The van der Waals surface area contributed by atoms with E-state index >= 15 is 0 Å². The number of H-pyrrole nitrogens is 1. The van der Waals surface area contributed by atoms with E-state index in [0.29, 0.717) is 33.8 Å². The first-order valence-corrected chi connectivity index (χ1v) is 11.0. The van der Waals surface area contributed by atoms with E-state index in [4.69, 9.17) is 14.2 Å². The molecule has 0 bridgehead atoms. The number of ether oxygens (including phenoxy) is 3. The second-order valence-electron chi connectivity index (χ2n) is 7.18. The van der Waals surface area contributed by atoms with Gasteiger partial charge in [-0.15, -0.1) is 0 Å². The minimum Gasteiger partial charge on any atom is -0.493 e. The van der Waals surface area contributed by atoms with Crippen molar-refractivity contribution in [2.45, 2.75) is 13.5 Å². The van der Waals surface area contributed by atoms with Crippen molar-refractivity contribution in [3.05, 3.63) is 46.2 Å². The van der Waals surface area contributed by atoms with E-state index in [-0.39, 0.29) is 5.91 Å². The van der Waals surface area contributed by atoms with E-state index in [1.165, 1.54) is 0 Å². The quantitative estimate of drug-likeness (QED) is 0.525. The number of carbonyl (C=O) groups excluding carboxylic acids is 1. The zero-order valence-corrected chi connectivity index (χ0v) is 19.1. The van der Waals surface area contributed by atoms with Crippen LogP contribution in [0.5, 0.6) is 11.5 Å². The first-order valence-electron chi connectivity index (χ1n) is 10.2. The highest BCUT2D eigenvalue weighted by atomic mass is 79.9. The van der Waals surface area contributed by atoms with Gasteiger partial charge in [0.25, 0.3) is 5.91 Å². The van der Waals surface area contributed by atoms with Crippen LogP contribution in [0.25, 0.3) is 11.0 Å². The van der Waals surface area contributed by atoms with Crippen LogP contribution in [0.1, 0.15) is 23.1 Å². The van der Waals surface area contributed by atoms with E-state index in [1.807, 2.05) is 25.1 Å². The second kappa shape index (κ2) is 9.67. The number of hydrogen-bond acceptors (Lipinski definition) is 6. The van der Waals surface area contributed by atoms with Gasteiger partial charge in [-0.1, -0.05) is 0 Å². The number of methoxy groups -OCH3 is 1. The number of halogens is 1. The van der Waals surface area contributed by atoms with Crippen LogP contribution in [0.2, 0.25) is 0 Å². The van der Waals surface area contributed by atoms with Crippen LogP contribution in [0, 0.1) is 0 Å². The Morgan fingerprint density at radius 1 is 1.29 bits per heavy atom. The Morgan fingerprint density at radius 2 is 2.10 bits per heavy atom. The number of amides is 1. The van der Waals surface area contributed by atoms with Crippen LogP contribution >= 0.6 is 15.9 Å². The normalized spacial score (nSPS) is 14.5. The summed E-state index contributed by atoms with van der Waals surface area (Å²) in [6.07, 6.45) is 0. The molecule has 1 aliphatic heterocycles. The molecule has 9 heteroatoms. The fraction of sp³-hybridized carbons (Fsp3) is 0.364. The molecule has 31 heavy (non-hydrogen) atoms. The Balaban J connectivity index is 1.50. The lowest BCUT2D eigenvalue weighted by atomic mass is 10.1. The molecule has 0 spiro atoms. The summed E-state index contributed by atoms with van der Waals surface area (Å²) in [7, 11) is 1.55. The molecule has 164 valence electrons. The molecule has 2 heterocycles. The Kier molecular flexibility index (Phi) is 6.74. The Hall–Kier alpha value is -2.62. The molecule has 4 rings (SSSR count). The third-order valence-electron chi connectivity index (χ3n) is 5.05. The average Bonchev–Trinajstić information content (AvgIpc) is 3.17. The van der Waals surface area contributed by atoms with E-state index in [0.717, 1.165) is 49.7 Å². The topological polar surface area (TPSA) is 88.7 Å². The first-order chi connectivity index (χ1) is 15.1. The molecule has 0 unspecified atom stereocenters. The van der Waals surface area contributed by atoms with Crippen LogP contribution in [0.3, 0.4) is 0 Å². The fourth-order valence-corrected chi connectivity index (χ4v) is 4.08. The number of carbonyl (C=O) groups is 1. The Labute approximate surface area is 189 Å². The number of fused-ring (bicyclic) bond motifs is 1. The molecule has 0 aliphatic carbocycles. The summed E-state index contributed by atoms with van der Waals surface area (Å²) in [6.45, 7) is 6.45. The summed E-state index contributed by atoms with van der Waals surface area (Å²) in [5, 5.41) is 2.94. The van der Waals surface area contributed by atoms with Gasteiger partial charge in [0.2, 0.25) is 0 Å². The largest absolute Gasteiger partial charge is 0.493 e. The van der Waals surface area contributed by atoms with Crippen LogP contribution in [0.15, 0.2) is 34.8 Å². The number of imidazole rings is 1. The molecule has 0 saturated carbocycles. The van der Waals surface area contributed by atoms with Gasteiger partial charge < -0.3 is 24.5 Å². The van der Waals surface area contributed by atoms with Crippen LogP contribution in [-0.2, 0) is 11.3 Å². The van der Waals surface area contributed by atoms with E-state index in [9.17, 15) is 4.79 Å². The first kappa shape index (κ1) is 21.6. The van der Waals surface area contributed by atoms with E-state index in [2.05, 4.69) is 36.1 Å². The summed E-state index contributed by atoms with van der Waals surface area (Å²) >= 11 is 3.46. The SMILES string of the molecule is CCOc1c(Br)cc(C(=O)Nc2ccc3nc(CN4CCOCC4)[nH]c3c2)cc1OC. The molecule has 2 N–H and O–H groups in total. The van der Waals surface area contributed by atoms with Crippen molar-refractivity contribution >= 4 is 38.6 Å². The molecule has 0 atom stereocenters. The number of hydrogen-bond donors (Lipinski definition) is 2. The van der Waals surface area contributed by atoms with Crippen LogP contribution in [0.4, 0.5) is 5.69 Å². The summed E-state index contributed by atoms with van der Waals surface area (Å²) in [6, 6.07) is 9.03. The molecule has 1 aliphatic rings. The standard InChI is InChI=1S/C22H25BrN4O4/c1-3-31-21-16(23)10-14(11-19(21)29-2)22(28)24-15-4-5-17-18(12-15)26-20(25-17)13-27-6-8-30-9-7-27/h4-5,10-12H,3,6-9,13H2,1-2H3,(H,24,28)(H,25,26). The van der Waals surface area contributed by atoms with Gasteiger partial charge in [-0.3, -0.25) is 9.69 Å². The Morgan fingerprint density at radius 3 is 2.84 bits per heavy atom. The lowest BCUT2D eigenvalue weighted by molar-refractivity contribution is 0.0332. The number of nitrogens with zero attached hydrogens (tertiary/aromatic N) is 2. The molecule has 1 aromatic heterocycles. The highest BCUT2D eigenvalue weighted by Gasteiger charge is 2.17. The number of anilines is 1. The maximum atomic E-state index is 12.8. The van der Waals surface area contributed by atoms with Crippen molar-refractivity contribution in [3.8, 4) is 11.5 Å². The van der Waals surface area contributed by atoms with Gasteiger partial charge in [-0.05, 0) is 53.2 Å². The van der Waals surface area contributed by atoms with Crippen LogP contribution in [-0.4, -0.2) is 60.8 Å². The van der Waals surface area contributed by atoms with Crippen molar-refractivity contribution < 1.29 is 19.0 Å². The van der Waals surface area contributed by atoms with Crippen molar-refractivity contribution in [3.63, 3.8) is 0 Å². The molecule has 2 aromatic carbocycles. The van der Waals surface area contributed by atoms with Gasteiger partial charge in [-0.2, -0.15) is 0 Å². The fourth-order valence-electron chi connectivity index (χ4n) is 3.52. The van der Waals surface area contributed by atoms with Crippen molar-refractivity contribution in [2.75, 3.05) is 45.3 Å². The molecular weight excluding hydrogens is 464 g/mol. The summed E-state index contributed by atoms with van der Waals surface area (Å²) in [4.78, 5) is 23.2. The molecule has 0 radical (unpaired) electrons. The number of nitrogens with one attached hydrogen (secondary N) is 2. The minimum atomic E-state index is -0.241. The Bertz CT molecular complexity index is 1080. The number of rotatable bonds is 7. The third kappa shape index (κ3) is 5.00. The maximum absolute atomic E-state index is 12.8. The third-order valence-corrected chi connectivity index (χ3v) is 5.64. The predicted octanol–water partition coefficient (Wildman–Crippen LogP) is 3.82. The molecule has 3 aromatic rings. The molecule has 1 fully saturated rings. The van der Waals surface area contributed by atoms with Gasteiger partial charge >= 0.3 is 0 Å². The molecular formula is C22H25BrN4O4. The lowest BCUT2D eigenvalue weighted by Crippen LogP contribution is -2.35. The number of morpholine rings is 1. The zero-order chi connectivity index (χ0) is 21.8. The van der Waals surface area contributed by atoms with Crippen molar-refractivity contribution in [1.82, 2.24) is 14.9 Å². The lowest BCUT2D eigenvalue weighted by Gasteiger charge is -2.25. The predicted molar refractivity (Wildman–Crippen MR) is 122 cm³/mol. The second-order valence-corrected chi connectivity index (χ2v) is 8.03. The molecule has 1 saturated heterocycles. The van der Waals surface area contributed by atoms with Crippen molar-refractivity contribution in [1.29, 1.82) is 0 Å². The zero-order valence-electron chi connectivity index (χ0n) is 17.5.